The van der Waals surface area contributed by atoms with E-state index in [2.05, 4.69) is 26.6 Å². The Labute approximate surface area is 353 Å². The van der Waals surface area contributed by atoms with Crippen LogP contribution < -0.4 is 49.5 Å². The number of hydrogen-bond donors (Lipinski definition) is 10. The summed E-state index contributed by atoms with van der Waals surface area (Å²) in [5, 5.41) is 22.6. The van der Waals surface area contributed by atoms with Crippen molar-refractivity contribution in [1.29, 1.82) is 0 Å². The number of rotatable bonds is 11. The number of nitrogens with two attached hydrogens (primary N) is 4. The van der Waals surface area contributed by atoms with E-state index in [9.17, 15) is 48.3 Å². The zero-order chi connectivity index (χ0) is 43.9. The molecule has 0 saturated carbocycles. The summed E-state index contributed by atoms with van der Waals surface area (Å²) in [5.74, 6) is -7.97. The van der Waals surface area contributed by atoms with Gasteiger partial charge < -0.3 is 59.5 Å². The van der Waals surface area contributed by atoms with Gasteiger partial charge in [0.05, 0.1) is 12.5 Å². The number of primary amides is 3. The van der Waals surface area contributed by atoms with E-state index >= 15 is 0 Å². The largest absolute Gasteiger partial charge is 0.508 e. The SMILES string of the molecule is NC(=O)CC[C@@H]1NC(=O)[C@H](Cc2ccccc2)NC(=O)C(Cc2ccc(O)cc2)NC(=O)[C@@H](N)CSSC[C@@H](C(=O)N2CCC[C@H]2C(N)=O)NC(=O)C(CC(N)=O)NC1=O. The third kappa shape index (κ3) is 14.2. The molecule has 2 fully saturated rings. The maximum atomic E-state index is 14.1. The Hall–Kier alpha value is -5.87. The van der Waals surface area contributed by atoms with Crippen molar-refractivity contribution in [2.24, 2.45) is 22.9 Å². The number of hydrogen-bond acceptors (Lipinski definition) is 13. The second kappa shape index (κ2) is 22.5. The first kappa shape index (κ1) is 46.8. The highest BCUT2D eigenvalue weighted by molar-refractivity contribution is 8.76. The minimum absolute atomic E-state index is 0.0351. The van der Waals surface area contributed by atoms with E-state index in [0.717, 1.165) is 21.6 Å². The summed E-state index contributed by atoms with van der Waals surface area (Å²) in [7, 11) is 2.12. The molecule has 0 bridgehead atoms. The smallest absolute Gasteiger partial charge is 0.246 e. The Balaban J connectivity index is 1.74. The maximum Gasteiger partial charge on any atom is 0.246 e. The van der Waals surface area contributed by atoms with Crippen LogP contribution in [0.2, 0.25) is 0 Å². The van der Waals surface area contributed by atoms with Crippen LogP contribution in [0.1, 0.15) is 43.2 Å². The number of phenols is 1. The van der Waals surface area contributed by atoms with E-state index < -0.39 is 108 Å². The highest BCUT2D eigenvalue weighted by atomic mass is 33.1. The maximum absolute atomic E-state index is 14.1. The van der Waals surface area contributed by atoms with Gasteiger partial charge in [0.1, 0.15) is 42.0 Å². The molecule has 2 aromatic rings. The van der Waals surface area contributed by atoms with Crippen molar-refractivity contribution in [3.05, 3.63) is 65.7 Å². The van der Waals surface area contributed by atoms with Crippen LogP contribution in [0, 0.1) is 0 Å². The summed E-state index contributed by atoms with van der Waals surface area (Å²) in [5.41, 5.74) is 23.8. The number of benzene rings is 2. The molecule has 2 aromatic carbocycles. The second-order valence-corrected chi connectivity index (χ2v) is 16.9. The number of amides is 9. The van der Waals surface area contributed by atoms with Gasteiger partial charge in [-0.05, 0) is 42.5 Å². The molecule has 2 saturated heterocycles. The average molecular weight is 871 g/mol. The zero-order valence-corrected chi connectivity index (χ0v) is 34.1. The highest BCUT2D eigenvalue weighted by Crippen LogP contribution is 2.25. The predicted octanol–water partition coefficient (Wildman–Crippen LogP) is -3.06. The van der Waals surface area contributed by atoms with Gasteiger partial charge in [-0.3, -0.25) is 43.2 Å². The molecular formula is C38H50N10O10S2. The summed E-state index contributed by atoms with van der Waals surface area (Å²) in [6.45, 7) is 0.161. The van der Waals surface area contributed by atoms with Gasteiger partial charge >= 0.3 is 0 Å². The summed E-state index contributed by atoms with van der Waals surface area (Å²) in [4.78, 5) is 121. The van der Waals surface area contributed by atoms with Crippen molar-refractivity contribution in [1.82, 2.24) is 31.5 Å². The minimum Gasteiger partial charge on any atom is -0.508 e. The molecule has 0 aliphatic carbocycles. The number of carbonyl (C=O) groups is 9. The van der Waals surface area contributed by atoms with Crippen molar-refractivity contribution in [2.75, 3.05) is 18.1 Å². The molecule has 2 heterocycles. The van der Waals surface area contributed by atoms with Crippen molar-refractivity contribution in [3.63, 3.8) is 0 Å². The molecule has 7 atom stereocenters. The van der Waals surface area contributed by atoms with Crippen LogP contribution in [0.15, 0.2) is 54.6 Å². The van der Waals surface area contributed by atoms with Crippen molar-refractivity contribution >= 4 is 74.8 Å². The number of aromatic hydroxyl groups is 1. The van der Waals surface area contributed by atoms with Crippen LogP contribution in [0.5, 0.6) is 5.75 Å². The fourth-order valence-electron chi connectivity index (χ4n) is 6.48. The van der Waals surface area contributed by atoms with Crippen LogP contribution in [-0.4, -0.2) is 124 Å². The van der Waals surface area contributed by atoms with Gasteiger partial charge in [0, 0.05) is 37.3 Å². The fourth-order valence-corrected chi connectivity index (χ4v) is 8.76. The Morgan fingerprint density at radius 3 is 1.80 bits per heavy atom. The van der Waals surface area contributed by atoms with Gasteiger partial charge in [-0.15, -0.1) is 0 Å². The number of nitrogens with one attached hydrogen (secondary N) is 5. The van der Waals surface area contributed by atoms with Crippen LogP contribution >= 0.6 is 21.6 Å². The van der Waals surface area contributed by atoms with E-state index in [-0.39, 0.29) is 43.1 Å². The third-order valence-corrected chi connectivity index (χ3v) is 12.1. The van der Waals surface area contributed by atoms with Crippen molar-refractivity contribution in [3.8, 4) is 5.75 Å². The van der Waals surface area contributed by atoms with E-state index in [1.165, 1.54) is 17.0 Å². The van der Waals surface area contributed by atoms with Crippen LogP contribution in [0.3, 0.4) is 0 Å². The minimum atomic E-state index is -1.69. The van der Waals surface area contributed by atoms with Crippen LogP contribution in [0.25, 0.3) is 0 Å². The first-order chi connectivity index (χ1) is 28.5. The lowest BCUT2D eigenvalue weighted by atomic mass is 10.0. The molecule has 14 N–H and O–H groups in total. The van der Waals surface area contributed by atoms with Gasteiger partial charge in [0.25, 0.3) is 0 Å². The monoisotopic (exact) mass is 870 g/mol. The molecule has 2 aliphatic heterocycles. The summed E-state index contributed by atoms with van der Waals surface area (Å²) < 4.78 is 0. The summed E-state index contributed by atoms with van der Waals surface area (Å²) in [6.07, 6.45) is -0.977. The molecule has 20 nitrogen and oxygen atoms in total. The summed E-state index contributed by atoms with van der Waals surface area (Å²) >= 11 is 0. The quantitative estimate of drug-likeness (QED) is 0.100. The fraction of sp³-hybridized carbons (Fsp3) is 0.447. The predicted molar refractivity (Wildman–Crippen MR) is 221 cm³/mol. The summed E-state index contributed by atoms with van der Waals surface area (Å²) in [6, 6.07) is 4.99. The zero-order valence-electron chi connectivity index (χ0n) is 32.5. The average Bonchev–Trinajstić information content (AvgIpc) is 3.70. The second-order valence-electron chi connectivity index (χ2n) is 14.3. The molecular weight excluding hydrogens is 821 g/mol. The molecule has 2 unspecified atom stereocenters. The standard InChI is InChI=1S/C38H50N10O10S2/c39-23-18-59-60-19-28(38(58)48-14-4-7-29(48)32(42)52)47-37(57)27(17-31(41)51)46-34(54)24(12-13-30(40)50)43-35(55)26(15-20-5-2-1-3-6-20)45-36(56)25(44-33(23)53)16-21-8-10-22(49)11-9-21/h1-3,5-6,8-11,23-29,49H,4,7,12-19,39H2,(H2,40,50)(H2,41,51)(H2,42,52)(H,43,55)(H,44,53)(H,45,56)(H,46,54)(H,47,57)/t23-,24-,25?,26-,27?,28-,29-/m0/s1. The highest BCUT2D eigenvalue weighted by Gasteiger charge is 2.39. The van der Waals surface area contributed by atoms with Gasteiger partial charge in [-0.25, -0.2) is 0 Å². The Bertz CT molecular complexity index is 1910. The number of nitrogens with zero attached hydrogens (tertiary/aromatic N) is 1. The van der Waals surface area contributed by atoms with Crippen molar-refractivity contribution < 1.29 is 48.3 Å². The van der Waals surface area contributed by atoms with Gasteiger partial charge in [0.2, 0.25) is 53.2 Å². The number of carbonyl (C=O) groups excluding carboxylic acids is 9. The Morgan fingerprint density at radius 1 is 0.667 bits per heavy atom. The molecule has 0 radical (unpaired) electrons. The number of phenolic OH excluding ortho intramolecular Hbond substituents is 1. The van der Waals surface area contributed by atoms with Crippen LogP contribution in [-0.2, 0) is 56.0 Å². The first-order valence-corrected chi connectivity index (χ1v) is 21.5. The number of likely N-dealkylation sites (tertiary alicyclic amines) is 1. The Kier molecular flexibility index (Phi) is 17.5. The van der Waals surface area contributed by atoms with E-state index in [0.29, 0.717) is 24.0 Å². The van der Waals surface area contributed by atoms with E-state index in [1.54, 1.807) is 42.5 Å². The molecule has 2 aliphatic rings. The van der Waals surface area contributed by atoms with E-state index in [4.69, 9.17) is 22.9 Å². The molecule has 9 amide bonds. The molecule has 324 valence electrons. The van der Waals surface area contributed by atoms with Gasteiger partial charge in [0.15, 0.2) is 0 Å². The molecule has 0 aromatic heterocycles. The lowest BCUT2D eigenvalue weighted by molar-refractivity contribution is -0.140. The normalized spacial score (nSPS) is 25.1. The third-order valence-electron chi connectivity index (χ3n) is 9.66. The van der Waals surface area contributed by atoms with Gasteiger partial charge in [-0.2, -0.15) is 0 Å². The lowest BCUT2D eigenvalue weighted by Gasteiger charge is -2.29. The van der Waals surface area contributed by atoms with Crippen LogP contribution in [0.4, 0.5) is 0 Å². The van der Waals surface area contributed by atoms with Crippen molar-refractivity contribution in [2.45, 2.75) is 87.2 Å². The first-order valence-electron chi connectivity index (χ1n) is 19.0. The molecule has 0 spiro atoms. The molecule has 60 heavy (non-hydrogen) atoms. The topological polar surface area (TPSA) is 341 Å². The lowest BCUT2D eigenvalue weighted by Crippen LogP contribution is -2.61. The van der Waals surface area contributed by atoms with Gasteiger partial charge in [-0.1, -0.05) is 64.1 Å². The molecule has 22 heteroatoms. The molecule has 4 rings (SSSR count). The van der Waals surface area contributed by atoms with E-state index in [1.807, 2.05) is 0 Å². The Morgan fingerprint density at radius 2 is 1.20 bits per heavy atom.